The lowest BCUT2D eigenvalue weighted by Crippen LogP contribution is -2.12. The summed E-state index contributed by atoms with van der Waals surface area (Å²) < 4.78 is 5.06. The molecule has 1 aromatic heterocycles. The van der Waals surface area contributed by atoms with Crippen molar-refractivity contribution in [3.05, 3.63) is 47.3 Å². The number of aromatic nitrogens is 1. The topological polar surface area (TPSA) is 55.1 Å². The van der Waals surface area contributed by atoms with Crippen molar-refractivity contribution in [3.8, 4) is 0 Å². The fourth-order valence-corrected chi connectivity index (χ4v) is 1.84. The van der Waals surface area contributed by atoms with Gasteiger partial charge in [-0.2, -0.15) is 0 Å². The Morgan fingerprint density at radius 1 is 1.28 bits per heavy atom. The Morgan fingerprint density at radius 3 is 2.61 bits per heavy atom. The van der Waals surface area contributed by atoms with Gasteiger partial charge >= 0.3 is 0 Å². The third-order valence-electron chi connectivity index (χ3n) is 2.84. The predicted molar refractivity (Wildman–Crippen MR) is 69.4 cm³/mol. The van der Waals surface area contributed by atoms with Gasteiger partial charge in [0, 0.05) is 17.7 Å². The Morgan fingerprint density at radius 2 is 2.00 bits per heavy atom. The molecule has 0 fully saturated rings. The molecule has 2 aromatic rings. The lowest BCUT2D eigenvalue weighted by Gasteiger charge is -2.04. The van der Waals surface area contributed by atoms with Crippen molar-refractivity contribution >= 4 is 11.6 Å². The molecule has 0 atom stereocenters. The maximum Gasteiger partial charge on any atom is 0.224 e. The number of aryl methyl sites for hydroxylation is 2. The lowest BCUT2D eigenvalue weighted by atomic mass is 10.1. The molecule has 4 nitrogen and oxygen atoms in total. The van der Waals surface area contributed by atoms with Gasteiger partial charge in [0.2, 0.25) is 5.91 Å². The molecule has 0 aliphatic rings. The molecule has 0 aliphatic carbocycles. The third kappa shape index (κ3) is 2.97. The average molecular weight is 244 g/mol. The van der Waals surface area contributed by atoms with E-state index < -0.39 is 0 Å². The Bertz CT molecular complexity index is 512. The third-order valence-corrected chi connectivity index (χ3v) is 2.84. The van der Waals surface area contributed by atoms with E-state index in [-0.39, 0.29) is 5.91 Å². The summed E-state index contributed by atoms with van der Waals surface area (Å²) >= 11 is 0. The van der Waals surface area contributed by atoms with Gasteiger partial charge in [-0.1, -0.05) is 23.4 Å². The number of nitrogens with one attached hydrogen (secondary N) is 1. The second-order valence-electron chi connectivity index (χ2n) is 4.22. The molecule has 1 aromatic carbocycles. The normalized spacial score (nSPS) is 10.3. The fourth-order valence-electron chi connectivity index (χ4n) is 1.84. The van der Waals surface area contributed by atoms with Gasteiger partial charge in [0.25, 0.3) is 0 Å². The molecule has 1 amide bonds. The SMILES string of the molecule is Cc1noc(C)c1CCC(=O)Nc1ccccc1. The van der Waals surface area contributed by atoms with Crippen LogP contribution in [0.3, 0.4) is 0 Å². The Labute approximate surface area is 106 Å². The van der Waals surface area contributed by atoms with Crippen LogP contribution in [-0.2, 0) is 11.2 Å². The monoisotopic (exact) mass is 244 g/mol. The van der Waals surface area contributed by atoms with Crippen molar-refractivity contribution in [2.24, 2.45) is 0 Å². The molecular formula is C14H16N2O2. The van der Waals surface area contributed by atoms with Crippen LogP contribution in [0, 0.1) is 13.8 Å². The summed E-state index contributed by atoms with van der Waals surface area (Å²) in [5, 5.41) is 6.72. The van der Waals surface area contributed by atoms with Crippen LogP contribution in [0.5, 0.6) is 0 Å². The summed E-state index contributed by atoms with van der Waals surface area (Å²) in [4.78, 5) is 11.8. The van der Waals surface area contributed by atoms with E-state index in [1.165, 1.54) is 0 Å². The van der Waals surface area contributed by atoms with Gasteiger partial charge in [-0.3, -0.25) is 4.79 Å². The standard InChI is InChI=1S/C14H16N2O2/c1-10-13(11(2)18-16-10)8-9-14(17)15-12-6-4-3-5-7-12/h3-7H,8-9H2,1-2H3,(H,15,17). The van der Waals surface area contributed by atoms with E-state index >= 15 is 0 Å². The van der Waals surface area contributed by atoms with Crippen molar-refractivity contribution in [1.82, 2.24) is 5.16 Å². The van der Waals surface area contributed by atoms with E-state index in [9.17, 15) is 4.79 Å². The van der Waals surface area contributed by atoms with Gasteiger partial charge in [0.1, 0.15) is 5.76 Å². The maximum absolute atomic E-state index is 11.8. The first-order valence-corrected chi connectivity index (χ1v) is 5.93. The van der Waals surface area contributed by atoms with Crippen molar-refractivity contribution in [2.75, 3.05) is 5.32 Å². The molecule has 0 radical (unpaired) electrons. The Hall–Kier alpha value is -2.10. The zero-order valence-corrected chi connectivity index (χ0v) is 10.6. The molecule has 1 N–H and O–H groups in total. The molecule has 94 valence electrons. The number of hydrogen-bond acceptors (Lipinski definition) is 3. The van der Waals surface area contributed by atoms with Crippen molar-refractivity contribution in [2.45, 2.75) is 26.7 Å². The largest absolute Gasteiger partial charge is 0.361 e. The summed E-state index contributed by atoms with van der Waals surface area (Å²) in [6.45, 7) is 3.76. The predicted octanol–water partition coefficient (Wildman–Crippen LogP) is 2.86. The molecular weight excluding hydrogens is 228 g/mol. The molecule has 0 unspecified atom stereocenters. The minimum Gasteiger partial charge on any atom is -0.361 e. The van der Waals surface area contributed by atoms with Gasteiger partial charge in [0.05, 0.1) is 5.69 Å². The van der Waals surface area contributed by atoms with Gasteiger partial charge in [-0.25, -0.2) is 0 Å². The van der Waals surface area contributed by atoms with Crippen LogP contribution in [0.15, 0.2) is 34.9 Å². The van der Waals surface area contributed by atoms with Crippen LogP contribution >= 0.6 is 0 Å². The molecule has 0 aliphatic heterocycles. The summed E-state index contributed by atoms with van der Waals surface area (Å²) in [5.74, 6) is 0.793. The molecule has 0 spiro atoms. The number of carbonyl (C=O) groups excluding carboxylic acids is 1. The van der Waals surface area contributed by atoms with Crippen molar-refractivity contribution < 1.29 is 9.32 Å². The minimum absolute atomic E-state index is 0.00111. The van der Waals surface area contributed by atoms with Gasteiger partial charge in [0.15, 0.2) is 0 Å². The van der Waals surface area contributed by atoms with Gasteiger partial charge in [-0.15, -0.1) is 0 Å². The van der Waals surface area contributed by atoms with Crippen LogP contribution in [-0.4, -0.2) is 11.1 Å². The van der Waals surface area contributed by atoms with E-state index in [1.54, 1.807) is 0 Å². The second-order valence-corrected chi connectivity index (χ2v) is 4.22. The van der Waals surface area contributed by atoms with E-state index in [1.807, 2.05) is 44.2 Å². The number of anilines is 1. The quantitative estimate of drug-likeness (QED) is 0.899. The zero-order chi connectivity index (χ0) is 13.0. The van der Waals surface area contributed by atoms with Crippen molar-refractivity contribution in [3.63, 3.8) is 0 Å². The summed E-state index contributed by atoms with van der Waals surface area (Å²) in [7, 11) is 0. The molecule has 1 heterocycles. The highest BCUT2D eigenvalue weighted by molar-refractivity contribution is 5.90. The van der Waals surface area contributed by atoms with Crippen LogP contribution < -0.4 is 5.32 Å². The highest BCUT2D eigenvalue weighted by atomic mass is 16.5. The number of amides is 1. The van der Waals surface area contributed by atoms with Crippen LogP contribution in [0.25, 0.3) is 0 Å². The van der Waals surface area contributed by atoms with Crippen LogP contribution in [0.4, 0.5) is 5.69 Å². The molecule has 0 saturated heterocycles. The first-order chi connectivity index (χ1) is 8.66. The highest BCUT2D eigenvalue weighted by Gasteiger charge is 2.11. The van der Waals surface area contributed by atoms with Gasteiger partial charge < -0.3 is 9.84 Å². The number of carbonyl (C=O) groups is 1. The maximum atomic E-state index is 11.8. The molecule has 18 heavy (non-hydrogen) atoms. The first-order valence-electron chi connectivity index (χ1n) is 5.93. The zero-order valence-electron chi connectivity index (χ0n) is 10.6. The smallest absolute Gasteiger partial charge is 0.224 e. The molecule has 4 heteroatoms. The van der Waals surface area contributed by atoms with Crippen molar-refractivity contribution in [1.29, 1.82) is 0 Å². The molecule has 0 bridgehead atoms. The number of benzene rings is 1. The summed E-state index contributed by atoms with van der Waals surface area (Å²) in [6.07, 6.45) is 1.08. The summed E-state index contributed by atoms with van der Waals surface area (Å²) in [6, 6.07) is 9.44. The minimum atomic E-state index is 0.00111. The second kappa shape index (κ2) is 5.49. The lowest BCUT2D eigenvalue weighted by molar-refractivity contribution is -0.116. The molecule has 0 saturated carbocycles. The van der Waals surface area contributed by atoms with Gasteiger partial charge in [-0.05, 0) is 32.4 Å². The number of nitrogens with zero attached hydrogens (tertiary/aromatic N) is 1. The number of para-hydroxylation sites is 1. The average Bonchev–Trinajstić information content (AvgIpc) is 2.68. The Balaban J connectivity index is 1.89. The molecule has 2 rings (SSSR count). The van der Waals surface area contributed by atoms with Crippen LogP contribution in [0.1, 0.15) is 23.4 Å². The highest BCUT2D eigenvalue weighted by Crippen LogP contribution is 2.15. The number of hydrogen-bond donors (Lipinski definition) is 1. The Kier molecular flexibility index (Phi) is 3.77. The van der Waals surface area contributed by atoms with E-state index in [2.05, 4.69) is 10.5 Å². The van der Waals surface area contributed by atoms with E-state index in [0.717, 1.165) is 22.7 Å². The number of rotatable bonds is 4. The summed E-state index contributed by atoms with van der Waals surface area (Å²) in [5.41, 5.74) is 2.71. The fraction of sp³-hybridized carbons (Fsp3) is 0.286. The van der Waals surface area contributed by atoms with E-state index in [4.69, 9.17) is 4.52 Å². The van der Waals surface area contributed by atoms with E-state index in [0.29, 0.717) is 12.8 Å². The van der Waals surface area contributed by atoms with Crippen LogP contribution in [0.2, 0.25) is 0 Å². The first kappa shape index (κ1) is 12.4.